The number of hydrogen-bond donors (Lipinski definition) is 0. The molecule has 0 aliphatic heterocycles. The first-order valence-corrected chi connectivity index (χ1v) is 3.68. The molecule has 0 heterocycles. The van der Waals surface area contributed by atoms with Gasteiger partial charge in [-0.25, -0.2) is 0 Å². The average molecular weight is 127 g/mol. The summed E-state index contributed by atoms with van der Waals surface area (Å²) in [5.41, 5.74) is 0.203. The van der Waals surface area contributed by atoms with Crippen molar-refractivity contribution < 1.29 is 0 Å². The van der Waals surface area contributed by atoms with Crippen molar-refractivity contribution in [2.75, 3.05) is 0 Å². The predicted octanol–water partition coefficient (Wildman–Crippen LogP) is 2.66. The molecule has 54 valence electrons. The van der Waals surface area contributed by atoms with Gasteiger partial charge < -0.3 is 0 Å². The van der Waals surface area contributed by atoms with Crippen LogP contribution in [0.25, 0.3) is 0 Å². The maximum absolute atomic E-state index is 4.37. The van der Waals surface area contributed by atoms with Gasteiger partial charge in [-0.3, -0.25) is 4.99 Å². The van der Waals surface area contributed by atoms with Crippen LogP contribution in [-0.4, -0.2) is 11.8 Å². The lowest BCUT2D eigenvalue weighted by Gasteiger charge is -2.20. The Balaban J connectivity index is 3.92. The second kappa shape index (κ2) is 3.65. The zero-order chi connectivity index (χ0) is 7.33. The molecule has 0 saturated heterocycles. The van der Waals surface area contributed by atoms with Crippen LogP contribution in [0.1, 0.15) is 40.5 Å². The third-order valence-electron chi connectivity index (χ3n) is 1.96. The van der Waals surface area contributed by atoms with Gasteiger partial charge in [-0.15, -0.1) is 0 Å². The maximum atomic E-state index is 4.37. The Hall–Kier alpha value is -0.330. The molecule has 0 rings (SSSR count). The van der Waals surface area contributed by atoms with Gasteiger partial charge in [-0.1, -0.05) is 13.8 Å². The quantitative estimate of drug-likeness (QED) is 0.517. The monoisotopic (exact) mass is 127 g/mol. The van der Waals surface area contributed by atoms with Crippen LogP contribution in [0.5, 0.6) is 0 Å². The second-order valence-electron chi connectivity index (χ2n) is 2.59. The van der Waals surface area contributed by atoms with E-state index in [9.17, 15) is 0 Å². The average Bonchev–Trinajstić information content (AvgIpc) is 1.89. The van der Waals surface area contributed by atoms with Crippen molar-refractivity contribution in [2.45, 2.75) is 46.1 Å². The van der Waals surface area contributed by atoms with Crippen LogP contribution < -0.4 is 0 Å². The molecule has 0 fully saturated rings. The van der Waals surface area contributed by atoms with Gasteiger partial charge in [-0.2, -0.15) is 0 Å². The summed E-state index contributed by atoms with van der Waals surface area (Å²) in [4.78, 5) is 4.37. The van der Waals surface area contributed by atoms with Crippen molar-refractivity contribution >= 4 is 6.21 Å². The number of rotatable bonds is 3. The zero-order valence-electron chi connectivity index (χ0n) is 6.94. The van der Waals surface area contributed by atoms with Gasteiger partial charge in [0.2, 0.25) is 0 Å². The minimum Gasteiger partial charge on any atom is -0.292 e. The van der Waals surface area contributed by atoms with Crippen LogP contribution in [0.2, 0.25) is 0 Å². The molecule has 0 aliphatic rings. The van der Waals surface area contributed by atoms with Crippen molar-refractivity contribution in [2.24, 2.45) is 4.99 Å². The molecular weight excluding hydrogens is 110 g/mol. The Bertz CT molecular complexity index is 90.7. The minimum absolute atomic E-state index is 0.203. The molecule has 0 aromatic carbocycles. The van der Waals surface area contributed by atoms with Crippen molar-refractivity contribution in [1.29, 1.82) is 0 Å². The summed E-state index contributed by atoms with van der Waals surface area (Å²) in [5, 5.41) is 0. The van der Waals surface area contributed by atoms with Crippen molar-refractivity contribution in [1.82, 2.24) is 0 Å². The van der Waals surface area contributed by atoms with Gasteiger partial charge in [0.15, 0.2) is 0 Å². The van der Waals surface area contributed by atoms with Crippen LogP contribution >= 0.6 is 0 Å². The first-order chi connectivity index (χ1) is 4.18. The Morgan fingerprint density at radius 1 is 1.33 bits per heavy atom. The molecule has 0 aliphatic carbocycles. The molecule has 0 amide bonds. The van der Waals surface area contributed by atoms with E-state index in [1.807, 2.05) is 13.1 Å². The first kappa shape index (κ1) is 8.67. The van der Waals surface area contributed by atoms with E-state index in [4.69, 9.17) is 0 Å². The zero-order valence-corrected chi connectivity index (χ0v) is 6.94. The van der Waals surface area contributed by atoms with E-state index in [-0.39, 0.29) is 5.54 Å². The lowest BCUT2D eigenvalue weighted by molar-refractivity contribution is 0.443. The Labute approximate surface area is 58.2 Å². The van der Waals surface area contributed by atoms with E-state index < -0.39 is 0 Å². The highest BCUT2D eigenvalue weighted by molar-refractivity contribution is 5.54. The summed E-state index contributed by atoms with van der Waals surface area (Å²) in [6.07, 6.45) is 4.16. The second-order valence-corrected chi connectivity index (χ2v) is 2.59. The van der Waals surface area contributed by atoms with E-state index in [0.29, 0.717) is 0 Å². The lowest BCUT2D eigenvalue weighted by atomic mass is 9.97. The molecule has 0 aromatic heterocycles. The summed E-state index contributed by atoms with van der Waals surface area (Å²) < 4.78 is 0. The van der Waals surface area contributed by atoms with Crippen LogP contribution in [0.15, 0.2) is 4.99 Å². The lowest BCUT2D eigenvalue weighted by Crippen LogP contribution is -2.18. The highest BCUT2D eigenvalue weighted by Crippen LogP contribution is 2.17. The van der Waals surface area contributed by atoms with E-state index in [1.165, 1.54) is 0 Å². The third-order valence-corrected chi connectivity index (χ3v) is 1.96. The predicted molar refractivity (Wildman–Crippen MR) is 43.2 cm³/mol. The summed E-state index contributed by atoms with van der Waals surface area (Å²) in [5.74, 6) is 0. The van der Waals surface area contributed by atoms with Gasteiger partial charge in [-0.05, 0) is 32.9 Å². The van der Waals surface area contributed by atoms with Crippen molar-refractivity contribution in [3.63, 3.8) is 0 Å². The van der Waals surface area contributed by atoms with Crippen LogP contribution in [0, 0.1) is 0 Å². The van der Waals surface area contributed by atoms with E-state index in [2.05, 4.69) is 25.8 Å². The molecule has 0 N–H and O–H groups in total. The first-order valence-electron chi connectivity index (χ1n) is 3.68. The van der Waals surface area contributed by atoms with Gasteiger partial charge >= 0.3 is 0 Å². The van der Waals surface area contributed by atoms with Crippen LogP contribution in [0.4, 0.5) is 0 Å². The summed E-state index contributed by atoms with van der Waals surface area (Å²) >= 11 is 0. The van der Waals surface area contributed by atoms with Crippen LogP contribution in [-0.2, 0) is 0 Å². The fourth-order valence-electron chi connectivity index (χ4n) is 0.744. The summed E-state index contributed by atoms with van der Waals surface area (Å²) in [7, 11) is 0. The van der Waals surface area contributed by atoms with E-state index >= 15 is 0 Å². The number of hydrogen-bond acceptors (Lipinski definition) is 1. The molecule has 9 heavy (non-hydrogen) atoms. The number of nitrogens with zero attached hydrogens (tertiary/aromatic N) is 1. The molecule has 1 nitrogen and oxygen atoms in total. The fraction of sp³-hybridized carbons (Fsp3) is 0.875. The van der Waals surface area contributed by atoms with Gasteiger partial charge in [0, 0.05) is 0 Å². The van der Waals surface area contributed by atoms with Crippen molar-refractivity contribution in [3.8, 4) is 0 Å². The highest BCUT2D eigenvalue weighted by atomic mass is 14.8. The Morgan fingerprint density at radius 3 is 1.89 bits per heavy atom. The van der Waals surface area contributed by atoms with Gasteiger partial charge in [0.1, 0.15) is 0 Å². The molecular formula is C8H17N. The largest absolute Gasteiger partial charge is 0.292 e. The third kappa shape index (κ3) is 2.64. The van der Waals surface area contributed by atoms with E-state index in [0.717, 1.165) is 12.8 Å². The normalized spacial score (nSPS) is 12.9. The van der Waals surface area contributed by atoms with Crippen molar-refractivity contribution in [3.05, 3.63) is 0 Å². The smallest absolute Gasteiger partial charge is 0.0570 e. The van der Waals surface area contributed by atoms with E-state index in [1.54, 1.807) is 0 Å². The molecule has 0 atom stereocenters. The van der Waals surface area contributed by atoms with Gasteiger partial charge in [0.25, 0.3) is 0 Å². The Morgan fingerprint density at radius 2 is 1.78 bits per heavy atom. The maximum Gasteiger partial charge on any atom is 0.0570 e. The molecule has 0 spiro atoms. The highest BCUT2D eigenvalue weighted by Gasteiger charge is 2.15. The molecule has 1 heteroatoms. The van der Waals surface area contributed by atoms with Crippen LogP contribution in [0.3, 0.4) is 0 Å². The SMILES string of the molecule is CC=NC(C)(CC)CC. The molecule has 0 bridgehead atoms. The molecule has 0 saturated carbocycles. The topological polar surface area (TPSA) is 12.4 Å². The molecule has 0 radical (unpaired) electrons. The molecule has 0 unspecified atom stereocenters. The van der Waals surface area contributed by atoms with Gasteiger partial charge in [0.05, 0.1) is 5.54 Å². The fourth-order valence-corrected chi connectivity index (χ4v) is 0.744. The summed E-state index contributed by atoms with van der Waals surface area (Å²) in [6.45, 7) is 8.52. The summed E-state index contributed by atoms with van der Waals surface area (Å²) in [6, 6.07) is 0. The molecule has 0 aromatic rings. The Kier molecular flexibility index (Phi) is 3.52. The standard InChI is InChI=1S/C8H17N/c1-5-8(4,6-2)9-7-3/h7H,5-6H2,1-4H3. The number of aliphatic imine (C=N–C) groups is 1. The minimum atomic E-state index is 0.203.